The van der Waals surface area contributed by atoms with E-state index in [2.05, 4.69) is 5.32 Å². The molecule has 1 aliphatic heterocycles. The van der Waals surface area contributed by atoms with Crippen LogP contribution in [-0.4, -0.2) is 12.0 Å². The number of carbonyl (C=O) groups is 1. The van der Waals surface area contributed by atoms with Gasteiger partial charge < -0.3 is 10.1 Å². The number of nitrogens with one attached hydrogen (secondary N) is 1. The maximum Gasteiger partial charge on any atom is 0.261 e. The predicted octanol–water partition coefficient (Wildman–Crippen LogP) is 2.96. The van der Waals surface area contributed by atoms with Gasteiger partial charge in [-0.3, -0.25) is 4.79 Å². The number of hydrogen-bond donors (Lipinski definition) is 1. The molecule has 0 fully saturated rings. The Hall–Kier alpha value is -2.00. The second-order valence-corrected chi connectivity index (χ2v) is 5.13. The normalized spacial score (nSPS) is 16.4. The van der Waals surface area contributed by atoms with Crippen LogP contribution < -0.4 is 10.1 Å². The first-order valence-corrected chi connectivity index (χ1v) is 6.87. The standard InChI is InChI=1S/C16H14ClNO2/c17-13-7-3-1-6-12(13)10-18-16(19)15-9-11-5-2-4-8-14(11)20-15/h1-8,15H,9-10H2,(H,18,19). The second-order valence-electron chi connectivity index (χ2n) is 4.73. The number of ether oxygens (including phenoxy) is 1. The highest BCUT2D eigenvalue weighted by Crippen LogP contribution is 2.28. The van der Waals surface area contributed by atoms with E-state index in [1.165, 1.54) is 0 Å². The van der Waals surface area contributed by atoms with Crippen molar-refractivity contribution in [1.29, 1.82) is 0 Å². The van der Waals surface area contributed by atoms with Crippen LogP contribution in [0.3, 0.4) is 0 Å². The van der Waals surface area contributed by atoms with Crippen molar-refractivity contribution in [1.82, 2.24) is 5.32 Å². The molecule has 2 aromatic carbocycles. The maximum absolute atomic E-state index is 12.1. The number of rotatable bonds is 3. The van der Waals surface area contributed by atoms with Gasteiger partial charge in [-0.2, -0.15) is 0 Å². The highest BCUT2D eigenvalue weighted by Gasteiger charge is 2.28. The minimum Gasteiger partial charge on any atom is -0.480 e. The van der Waals surface area contributed by atoms with E-state index in [4.69, 9.17) is 16.3 Å². The molecule has 1 amide bonds. The van der Waals surface area contributed by atoms with Crippen molar-refractivity contribution < 1.29 is 9.53 Å². The third-order valence-corrected chi connectivity index (χ3v) is 3.72. The van der Waals surface area contributed by atoms with E-state index in [-0.39, 0.29) is 5.91 Å². The van der Waals surface area contributed by atoms with Crippen LogP contribution in [0.2, 0.25) is 5.02 Å². The first kappa shape index (κ1) is 13.0. The molecule has 0 spiro atoms. The Bertz CT molecular complexity index is 617. The van der Waals surface area contributed by atoms with Gasteiger partial charge in [-0.05, 0) is 23.3 Å². The Labute approximate surface area is 122 Å². The molecule has 0 aromatic heterocycles. The zero-order valence-corrected chi connectivity index (χ0v) is 11.6. The van der Waals surface area contributed by atoms with Crippen LogP contribution in [0.25, 0.3) is 0 Å². The van der Waals surface area contributed by atoms with Crippen molar-refractivity contribution in [3.05, 3.63) is 64.7 Å². The molecule has 1 unspecified atom stereocenters. The van der Waals surface area contributed by atoms with Crippen LogP contribution in [0, 0.1) is 0 Å². The van der Waals surface area contributed by atoms with Crippen molar-refractivity contribution in [2.75, 3.05) is 0 Å². The van der Waals surface area contributed by atoms with Gasteiger partial charge in [0.05, 0.1) is 0 Å². The van der Waals surface area contributed by atoms with Gasteiger partial charge >= 0.3 is 0 Å². The topological polar surface area (TPSA) is 38.3 Å². The summed E-state index contributed by atoms with van der Waals surface area (Å²) in [6.45, 7) is 0.411. The smallest absolute Gasteiger partial charge is 0.261 e. The highest BCUT2D eigenvalue weighted by molar-refractivity contribution is 6.31. The summed E-state index contributed by atoms with van der Waals surface area (Å²) < 4.78 is 5.64. The average Bonchev–Trinajstić information content (AvgIpc) is 2.90. The lowest BCUT2D eigenvalue weighted by Crippen LogP contribution is -2.37. The van der Waals surface area contributed by atoms with Crippen LogP contribution in [0.1, 0.15) is 11.1 Å². The van der Waals surface area contributed by atoms with E-state index < -0.39 is 6.10 Å². The Morgan fingerprint density at radius 3 is 2.75 bits per heavy atom. The van der Waals surface area contributed by atoms with Crippen LogP contribution >= 0.6 is 11.6 Å². The lowest BCUT2D eigenvalue weighted by atomic mass is 10.1. The van der Waals surface area contributed by atoms with Gasteiger partial charge in [0.1, 0.15) is 5.75 Å². The molecule has 1 N–H and O–H groups in total. The molecule has 0 aliphatic carbocycles. The summed E-state index contributed by atoms with van der Waals surface area (Å²) in [5.74, 6) is 0.687. The molecule has 20 heavy (non-hydrogen) atoms. The molecule has 1 atom stereocenters. The number of carbonyl (C=O) groups excluding carboxylic acids is 1. The third kappa shape index (κ3) is 2.63. The first-order valence-electron chi connectivity index (χ1n) is 6.50. The van der Waals surface area contributed by atoms with Gasteiger partial charge in [0.25, 0.3) is 5.91 Å². The summed E-state index contributed by atoms with van der Waals surface area (Å²) in [6.07, 6.45) is 0.166. The van der Waals surface area contributed by atoms with Gasteiger partial charge in [0, 0.05) is 18.0 Å². The molecule has 0 saturated carbocycles. The fourth-order valence-electron chi connectivity index (χ4n) is 2.27. The lowest BCUT2D eigenvalue weighted by Gasteiger charge is -2.12. The fourth-order valence-corrected chi connectivity index (χ4v) is 2.47. The molecule has 3 nitrogen and oxygen atoms in total. The Balaban J connectivity index is 1.61. The zero-order valence-electron chi connectivity index (χ0n) is 10.8. The van der Waals surface area contributed by atoms with Gasteiger partial charge in [-0.15, -0.1) is 0 Å². The Kier molecular flexibility index (Phi) is 3.61. The summed E-state index contributed by atoms with van der Waals surface area (Å²) >= 11 is 6.06. The van der Waals surface area contributed by atoms with Crippen LogP contribution in [0.4, 0.5) is 0 Å². The van der Waals surface area contributed by atoms with Crippen molar-refractivity contribution in [2.45, 2.75) is 19.1 Å². The van der Waals surface area contributed by atoms with Crippen molar-refractivity contribution in [3.8, 4) is 5.75 Å². The largest absolute Gasteiger partial charge is 0.480 e. The molecule has 0 saturated heterocycles. The molecule has 3 rings (SSSR count). The number of amides is 1. The molecule has 1 aliphatic rings. The minimum absolute atomic E-state index is 0.110. The quantitative estimate of drug-likeness (QED) is 0.942. The molecular weight excluding hydrogens is 274 g/mol. The van der Waals surface area contributed by atoms with Crippen molar-refractivity contribution >= 4 is 17.5 Å². The molecule has 0 radical (unpaired) electrons. The first-order chi connectivity index (χ1) is 9.74. The molecule has 4 heteroatoms. The fraction of sp³-hybridized carbons (Fsp3) is 0.188. The molecule has 2 aromatic rings. The van der Waals surface area contributed by atoms with E-state index >= 15 is 0 Å². The summed E-state index contributed by atoms with van der Waals surface area (Å²) in [5.41, 5.74) is 1.98. The van der Waals surface area contributed by atoms with Crippen molar-refractivity contribution in [2.24, 2.45) is 0 Å². The molecule has 1 heterocycles. The van der Waals surface area contributed by atoms with Gasteiger partial charge in [0.15, 0.2) is 6.10 Å². The van der Waals surface area contributed by atoms with E-state index in [9.17, 15) is 4.79 Å². The summed E-state index contributed by atoms with van der Waals surface area (Å²) in [7, 11) is 0. The number of halogens is 1. The predicted molar refractivity (Wildman–Crippen MR) is 77.9 cm³/mol. The van der Waals surface area contributed by atoms with Gasteiger partial charge in [0.2, 0.25) is 0 Å². The number of hydrogen-bond acceptors (Lipinski definition) is 2. The third-order valence-electron chi connectivity index (χ3n) is 3.35. The summed E-state index contributed by atoms with van der Waals surface area (Å²) in [4.78, 5) is 12.1. The van der Waals surface area contributed by atoms with Crippen LogP contribution in [0.5, 0.6) is 5.75 Å². The molecule has 102 valence electrons. The van der Waals surface area contributed by atoms with Crippen LogP contribution in [0.15, 0.2) is 48.5 Å². The number of benzene rings is 2. The van der Waals surface area contributed by atoms with E-state index in [0.29, 0.717) is 18.0 Å². The van der Waals surface area contributed by atoms with E-state index in [0.717, 1.165) is 16.9 Å². The summed E-state index contributed by atoms with van der Waals surface area (Å²) in [5, 5.41) is 3.52. The monoisotopic (exact) mass is 287 g/mol. The highest BCUT2D eigenvalue weighted by atomic mass is 35.5. The minimum atomic E-state index is -0.449. The zero-order chi connectivity index (χ0) is 13.9. The lowest BCUT2D eigenvalue weighted by molar-refractivity contribution is -0.127. The van der Waals surface area contributed by atoms with Crippen molar-refractivity contribution in [3.63, 3.8) is 0 Å². The molecule has 0 bridgehead atoms. The maximum atomic E-state index is 12.1. The SMILES string of the molecule is O=C(NCc1ccccc1Cl)C1Cc2ccccc2O1. The van der Waals surface area contributed by atoms with Crippen LogP contribution in [-0.2, 0) is 17.8 Å². The Morgan fingerprint density at radius 1 is 1.20 bits per heavy atom. The summed E-state index contributed by atoms with van der Waals surface area (Å²) in [6, 6.07) is 15.2. The van der Waals surface area contributed by atoms with E-state index in [1.54, 1.807) is 0 Å². The van der Waals surface area contributed by atoms with Gasteiger partial charge in [-0.25, -0.2) is 0 Å². The number of fused-ring (bicyclic) bond motifs is 1. The second kappa shape index (κ2) is 5.55. The Morgan fingerprint density at radius 2 is 1.95 bits per heavy atom. The molecular formula is C16H14ClNO2. The van der Waals surface area contributed by atoms with Gasteiger partial charge in [-0.1, -0.05) is 48.0 Å². The van der Waals surface area contributed by atoms with E-state index in [1.807, 2.05) is 48.5 Å². The number of para-hydroxylation sites is 1. The average molecular weight is 288 g/mol.